The van der Waals surface area contributed by atoms with Gasteiger partial charge in [0.25, 0.3) is 10.0 Å². The van der Waals surface area contributed by atoms with E-state index >= 15 is 0 Å². The topological polar surface area (TPSA) is 98.3 Å². The number of rotatable bonds is 7. The maximum Gasteiger partial charge on any atom is 0.258 e. The predicted molar refractivity (Wildman–Crippen MR) is 72.0 cm³/mol. The van der Waals surface area contributed by atoms with Crippen molar-refractivity contribution >= 4 is 10.0 Å². The Balaban J connectivity index is 2.94. The van der Waals surface area contributed by atoms with Crippen molar-refractivity contribution in [2.45, 2.75) is 31.5 Å². The molecule has 7 nitrogen and oxygen atoms in total. The van der Waals surface area contributed by atoms with Crippen LogP contribution in [0.1, 0.15) is 19.4 Å². The quantitative estimate of drug-likeness (QED) is 0.644. The number of aliphatic hydroxyl groups is 1. The number of nitrogens with zero attached hydrogens (tertiary/aromatic N) is 2. The number of likely N-dealkylation sites (N-methyl/N-ethyl adjacent to an activating group) is 1. The van der Waals surface area contributed by atoms with Crippen molar-refractivity contribution in [1.29, 1.82) is 0 Å². The van der Waals surface area contributed by atoms with Gasteiger partial charge in [0.2, 0.25) is 0 Å². The largest absolute Gasteiger partial charge is 0.392 e. The molecule has 1 unspecified atom stereocenters. The highest BCUT2D eigenvalue weighted by Gasteiger charge is 2.26. The van der Waals surface area contributed by atoms with Gasteiger partial charge in [0, 0.05) is 18.2 Å². The Morgan fingerprint density at radius 2 is 2.11 bits per heavy atom. The van der Waals surface area contributed by atoms with Crippen LogP contribution in [0.2, 0.25) is 0 Å². The summed E-state index contributed by atoms with van der Waals surface area (Å²) in [6, 6.07) is -0.213. The van der Waals surface area contributed by atoms with Crippen molar-refractivity contribution in [3.05, 3.63) is 11.8 Å². The smallest absolute Gasteiger partial charge is 0.258 e. The van der Waals surface area contributed by atoms with E-state index in [4.69, 9.17) is 5.11 Å². The van der Waals surface area contributed by atoms with Crippen LogP contribution in [0.5, 0.6) is 0 Å². The first-order chi connectivity index (χ1) is 8.77. The lowest BCUT2D eigenvalue weighted by atomic mass is 10.1. The minimum atomic E-state index is -3.70. The summed E-state index contributed by atoms with van der Waals surface area (Å²) in [6.07, 6.45) is 1.31. The summed E-state index contributed by atoms with van der Waals surface area (Å²) in [4.78, 5) is 1.92. The summed E-state index contributed by atoms with van der Waals surface area (Å²) in [7, 11) is 0.0716. The van der Waals surface area contributed by atoms with Crippen LogP contribution < -0.4 is 4.72 Å². The Morgan fingerprint density at radius 3 is 2.58 bits per heavy atom. The molecular formula is C11H22N4O3S. The molecule has 0 aliphatic rings. The molecule has 1 rings (SSSR count). The number of hydrogen-bond acceptors (Lipinski definition) is 5. The molecule has 0 bridgehead atoms. The Hall–Kier alpha value is -0.960. The Labute approximate surface area is 114 Å². The summed E-state index contributed by atoms with van der Waals surface area (Å²) >= 11 is 0. The third kappa shape index (κ3) is 4.27. The number of sulfonamides is 1. The Bertz CT molecular complexity index is 496. The zero-order valence-corrected chi connectivity index (χ0v) is 12.5. The lowest BCUT2D eigenvalue weighted by Gasteiger charge is -2.25. The SMILES string of the molecule is CC(C)C(CN(C)C)NS(=O)(=O)c1[nH]ncc1CO. The fourth-order valence-corrected chi connectivity index (χ4v) is 3.18. The number of aromatic nitrogens is 2. The number of aliphatic hydroxyl groups excluding tert-OH is 1. The molecule has 19 heavy (non-hydrogen) atoms. The molecule has 0 spiro atoms. The van der Waals surface area contributed by atoms with Gasteiger partial charge >= 0.3 is 0 Å². The number of hydrogen-bond donors (Lipinski definition) is 3. The lowest BCUT2D eigenvalue weighted by molar-refractivity contribution is 0.278. The molecule has 0 radical (unpaired) electrons. The van der Waals surface area contributed by atoms with Crippen molar-refractivity contribution < 1.29 is 13.5 Å². The second-order valence-corrected chi connectivity index (χ2v) is 6.77. The van der Waals surface area contributed by atoms with E-state index in [1.807, 2.05) is 32.8 Å². The highest BCUT2D eigenvalue weighted by atomic mass is 32.2. The van der Waals surface area contributed by atoms with E-state index in [1.54, 1.807) is 0 Å². The van der Waals surface area contributed by atoms with Crippen LogP contribution in [0.4, 0.5) is 0 Å². The van der Waals surface area contributed by atoms with Crippen molar-refractivity contribution in [2.24, 2.45) is 5.92 Å². The van der Waals surface area contributed by atoms with Crippen LogP contribution in [0.25, 0.3) is 0 Å². The van der Waals surface area contributed by atoms with Crippen LogP contribution in [-0.2, 0) is 16.6 Å². The molecule has 0 amide bonds. The molecule has 0 fully saturated rings. The number of nitrogens with one attached hydrogen (secondary N) is 2. The standard InChI is InChI=1S/C11H22N4O3S/c1-8(2)10(6-15(3)4)14-19(17,18)11-9(7-16)5-12-13-11/h5,8,10,14,16H,6-7H2,1-4H3,(H,12,13). The van der Waals surface area contributed by atoms with Crippen LogP contribution in [0, 0.1) is 5.92 Å². The predicted octanol–water partition coefficient (Wildman–Crippen LogP) is -0.233. The van der Waals surface area contributed by atoms with Crippen molar-refractivity contribution in [3.63, 3.8) is 0 Å². The minimum Gasteiger partial charge on any atom is -0.392 e. The molecule has 0 aliphatic heterocycles. The molecule has 1 atom stereocenters. The Kier molecular flexibility index (Phi) is 5.48. The van der Waals surface area contributed by atoms with E-state index in [1.165, 1.54) is 6.20 Å². The van der Waals surface area contributed by atoms with Crippen LogP contribution in [0.15, 0.2) is 11.2 Å². The maximum atomic E-state index is 12.3. The van der Waals surface area contributed by atoms with Gasteiger partial charge in [-0.15, -0.1) is 0 Å². The van der Waals surface area contributed by atoms with Gasteiger partial charge in [-0.2, -0.15) is 5.10 Å². The summed E-state index contributed by atoms with van der Waals surface area (Å²) in [5, 5.41) is 15.1. The molecule has 3 N–H and O–H groups in total. The van der Waals surface area contributed by atoms with E-state index in [0.29, 0.717) is 6.54 Å². The van der Waals surface area contributed by atoms with Gasteiger partial charge in [-0.25, -0.2) is 13.1 Å². The molecule has 1 aromatic rings. The number of H-pyrrole nitrogens is 1. The summed E-state index contributed by atoms with van der Waals surface area (Å²) in [6.45, 7) is 4.14. The Morgan fingerprint density at radius 1 is 1.47 bits per heavy atom. The fourth-order valence-electron chi connectivity index (χ4n) is 1.68. The second kappa shape index (κ2) is 6.47. The lowest BCUT2D eigenvalue weighted by Crippen LogP contribution is -2.45. The van der Waals surface area contributed by atoms with Gasteiger partial charge in [0.05, 0.1) is 12.8 Å². The van der Waals surface area contributed by atoms with Gasteiger partial charge in [0.1, 0.15) is 0 Å². The molecule has 110 valence electrons. The van der Waals surface area contributed by atoms with Gasteiger partial charge in [-0.3, -0.25) is 5.10 Å². The van der Waals surface area contributed by atoms with E-state index in [9.17, 15) is 8.42 Å². The normalized spacial score (nSPS) is 14.3. The summed E-state index contributed by atoms with van der Waals surface area (Å²) in [5.41, 5.74) is 0.264. The average molecular weight is 290 g/mol. The van der Waals surface area contributed by atoms with Crippen LogP contribution in [0.3, 0.4) is 0 Å². The van der Waals surface area contributed by atoms with Crippen LogP contribution >= 0.6 is 0 Å². The van der Waals surface area contributed by atoms with Gasteiger partial charge in [0.15, 0.2) is 5.03 Å². The van der Waals surface area contributed by atoms with E-state index in [0.717, 1.165) is 0 Å². The van der Waals surface area contributed by atoms with Gasteiger partial charge in [-0.1, -0.05) is 13.8 Å². The molecule has 0 aromatic carbocycles. The van der Waals surface area contributed by atoms with E-state index in [-0.39, 0.29) is 29.2 Å². The van der Waals surface area contributed by atoms with Crippen LogP contribution in [-0.4, -0.2) is 55.3 Å². The minimum absolute atomic E-state index is 0.0700. The third-order valence-electron chi connectivity index (χ3n) is 2.79. The van der Waals surface area contributed by atoms with Gasteiger partial charge in [-0.05, 0) is 20.0 Å². The molecule has 0 aliphatic carbocycles. The molecule has 0 saturated heterocycles. The average Bonchev–Trinajstić information content (AvgIpc) is 2.75. The monoisotopic (exact) mass is 290 g/mol. The first-order valence-corrected chi connectivity index (χ1v) is 7.56. The zero-order valence-electron chi connectivity index (χ0n) is 11.7. The molecule has 1 heterocycles. The van der Waals surface area contributed by atoms with Gasteiger partial charge < -0.3 is 10.0 Å². The molecule has 8 heteroatoms. The van der Waals surface area contributed by atoms with Crippen molar-refractivity contribution in [2.75, 3.05) is 20.6 Å². The third-order valence-corrected chi connectivity index (χ3v) is 4.29. The van der Waals surface area contributed by atoms with Crippen molar-refractivity contribution in [3.8, 4) is 0 Å². The summed E-state index contributed by atoms with van der Waals surface area (Å²) < 4.78 is 27.2. The number of aromatic amines is 1. The highest BCUT2D eigenvalue weighted by molar-refractivity contribution is 7.89. The molecule has 0 saturated carbocycles. The second-order valence-electron chi connectivity index (χ2n) is 5.12. The van der Waals surface area contributed by atoms with Crippen molar-refractivity contribution in [1.82, 2.24) is 19.8 Å². The first kappa shape index (κ1) is 16.1. The molecule has 1 aromatic heterocycles. The zero-order chi connectivity index (χ0) is 14.6. The maximum absolute atomic E-state index is 12.3. The van der Waals surface area contributed by atoms with E-state index in [2.05, 4.69) is 14.9 Å². The first-order valence-electron chi connectivity index (χ1n) is 6.08. The molecular weight excluding hydrogens is 268 g/mol. The summed E-state index contributed by atoms with van der Waals surface area (Å²) in [5.74, 6) is 0.151. The highest BCUT2D eigenvalue weighted by Crippen LogP contribution is 2.14. The fraction of sp³-hybridized carbons (Fsp3) is 0.727. The van der Waals surface area contributed by atoms with E-state index < -0.39 is 10.0 Å².